The van der Waals surface area contributed by atoms with E-state index in [0.717, 1.165) is 25.8 Å². The van der Waals surface area contributed by atoms with E-state index in [2.05, 4.69) is 32.4 Å². The van der Waals surface area contributed by atoms with E-state index in [1.54, 1.807) is 6.33 Å². The number of aliphatic hydroxyl groups is 1. The molecule has 0 unspecified atom stereocenters. The molecule has 4 rings (SSSR count). The van der Waals surface area contributed by atoms with Gasteiger partial charge in [0.15, 0.2) is 11.5 Å². The molecular weight excluding hydrogens is 330 g/mol. The number of fused-ring (bicyclic) bond motifs is 1. The first-order valence-electron chi connectivity index (χ1n) is 8.84. The quantitative estimate of drug-likeness (QED) is 0.555. The van der Waals surface area contributed by atoms with Gasteiger partial charge in [-0.1, -0.05) is 30.3 Å². The van der Waals surface area contributed by atoms with Gasteiger partial charge in [0.2, 0.25) is 5.95 Å². The third-order valence-electron chi connectivity index (χ3n) is 5.06. The minimum Gasteiger partial charge on any atom is -0.389 e. The van der Waals surface area contributed by atoms with E-state index in [-0.39, 0.29) is 23.8 Å². The third-order valence-corrected chi connectivity index (χ3v) is 5.06. The molecule has 8 heteroatoms. The number of benzene rings is 1. The molecule has 26 heavy (non-hydrogen) atoms. The number of hydrogen-bond acceptors (Lipinski definition) is 7. The monoisotopic (exact) mass is 353 g/mol. The number of aliphatic hydroxyl groups excluding tert-OH is 1. The zero-order chi connectivity index (χ0) is 18.1. The zero-order valence-electron chi connectivity index (χ0n) is 14.4. The molecule has 1 saturated carbocycles. The summed E-state index contributed by atoms with van der Waals surface area (Å²) in [5.41, 5.74) is 13.9. The van der Waals surface area contributed by atoms with Gasteiger partial charge in [-0.05, 0) is 24.8 Å². The lowest BCUT2D eigenvalue weighted by Gasteiger charge is -2.36. The van der Waals surface area contributed by atoms with Crippen LogP contribution in [0.25, 0.3) is 11.2 Å². The lowest BCUT2D eigenvalue weighted by molar-refractivity contribution is 0.0437. The second-order valence-corrected chi connectivity index (χ2v) is 6.75. The summed E-state index contributed by atoms with van der Waals surface area (Å²) in [7, 11) is 0. The predicted molar refractivity (Wildman–Crippen MR) is 100 cm³/mol. The molecule has 1 aliphatic rings. The summed E-state index contributed by atoms with van der Waals surface area (Å²) in [4.78, 5) is 12.5. The standard InChI is InChI=1S/C18H23N7O/c19-16-14-17(24-18(20)23-16)25(10-22-14)13-8-4-7-12(15(13)26)21-9-11-5-2-1-3-6-11/h1-3,5-6,10,12-13,15,21,26H,4,7-9H2,(H4,19,20,23,24)/t12-,13-,15-/m1/s1. The first kappa shape index (κ1) is 16.7. The zero-order valence-corrected chi connectivity index (χ0v) is 14.4. The molecule has 0 aliphatic heterocycles. The van der Waals surface area contributed by atoms with Gasteiger partial charge < -0.3 is 26.5 Å². The largest absolute Gasteiger partial charge is 0.389 e. The van der Waals surface area contributed by atoms with Crippen LogP contribution in [0.15, 0.2) is 36.7 Å². The Hall–Kier alpha value is -2.71. The normalized spacial score (nSPS) is 23.3. The molecule has 0 amide bonds. The van der Waals surface area contributed by atoms with Crippen LogP contribution in [0.4, 0.5) is 11.8 Å². The van der Waals surface area contributed by atoms with Gasteiger partial charge in [-0.2, -0.15) is 9.97 Å². The summed E-state index contributed by atoms with van der Waals surface area (Å²) in [5.74, 6) is 0.371. The lowest BCUT2D eigenvalue weighted by Crippen LogP contribution is -2.47. The van der Waals surface area contributed by atoms with Crippen molar-refractivity contribution in [2.24, 2.45) is 0 Å². The van der Waals surface area contributed by atoms with Gasteiger partial charge in [-0.15, -0.1) is 0 Å². The maximum absolute atomic E-state index is 11.0. The third kappa shape index (κ3) is 3.09. The Labute approximate surface area is 151 Å². The molecule has 136 valence electrons. The average molecular weight is 353 g/mol. The Morgan fingerprint density at radius 2 is 1.96 bits per heavy atom. The highest BCUT2D eigenvalue weighted by atomic mass is 16.3. The van der Waals surface area contributed by atoms with Gasteiger partial charge in [-0.3, -0.25) is 0 Å². The van der Waals surface area contributed by atoms with Gasteiger partial charge in [0.05, 0.1) is 18.5 Å². The fourth-order valence-electron chi connectivity index (χ4n) is 3.73. The highest BCUT2D eigenvalue weighted by Crippen LogP contribution is 2.32. The molecular formula is C18H23N7O. The first-order valence-corrected chi connectivity index (χ1v) is 8.84. The maximum Gasteiger partial charge on any atom is 0.224 e. The number of anilines is 2. The van der Waals surface area contributed by atoms with Crippen LogP contribution in [-0.2, 0) is 6.54 Å². The van der Waals surface area contributed by atoms with Crippen molar-refractivity contribution < 1.29 is 5.11 Å². The Balaban J connectivity index is 1.55. The van der Waals surface area contributed by atoms with E-state index < -0.39 is 6.10 Å². The minimum atomic E-state index is -0.553. The molecule has 3 atom stereocenters. The Morgan fingerprint density at radius 1 is 1.15 bits per heavy atom. The molecule has 2 aromatic heterocycles. The topological polar surface area (TPSA) is 128 Å². The van der Waals surface area contributed by atoms with Crippen molar-refractivity contribution in [2.75, 3.05) is 11.5 Å². The molecule has 0 bridgehead atoms. The van der Waals surface area contributed by atoms with Crippen molar-refractivity contribution in [1.29, 1.82) is 0 Å². The second kappa shape index (κ2) is 6.89. The van der Waals surface area contributed by atoms with E-state index in [1.165, 1.54) is 5.56 Å². The number of nitrogen functional groups attached to an aromatic ring is 2. The molecule has 0 spiro atoms. The molecule has 1 aliphatic carbocycles. The van der Waals surface area contributed by atoms with Crippen LogP contribution >= 0.6 is 0 Å². The maximum atomic E-state index is 11.0. The Kier molecular flexibility index (Phi) is 4.44. The molecule has 0 saturated heterocycles. The minimum absolute atomic E-state index is 0.00272. The van der Waals surface area contributed by atoms with Gasteiger partial charge in [0.1, 0.15) is 5.52 Å². The van der Waals surface area contributed by atoms with E-state index in [1.807, 2.05) is 22.8 Å². The number of nitrogens with zero attached hydrogens (tertiary/aromatic N) is 4. The average Bonchev–Trinajstić information content (AvgIpc) is 3.06. The van der Waals surface area contributed by atoms with Crippen LogP contribution in [-0.4, -0.2) is 36.8 Å². The lowest BCUT2D eigenvalue weighted by atomic mass is 9.87. The van der Waals surface area contributed by atoms with Crippen LogP contribution in [0.1, 0.15) is 30.9 Å². The molecule has 1 fully saturated rings. The fraction of sp³-hybridized carbons (Fsp3) is 0.389. The fourth-order valence-corrected chi connectivity index (χ4v) is 3.73. The predicted octanol–water partition coefficient (Wildman–Crippen LogP) is 1.23. The van der Waals surface area contributed by atoms with E-state index >= 15 is 0 Å². The molecule has 0 radical (unpaired) electrons. The number of hydrogen-bond donors (Lipinski definition) is 4. The smallest absolute Gasteiger partial charge is 0.224 e. The molecule has 1 aromatic carbocycles. The Bertz CT molecular complexity index is 895. The number of nitrogens with two attached hydrogens (primary N) is 2. The summed E-state index contributed by atoms with van der Waals surface area (Å²) >= 11 is 0. The van der Waals surface area contributed by atoms with Crippen molar-refractivity contribution in [2.45, 2.75) is 44.0 Å². The summed E-state index contributed by atoms with van der Waals surface area (Å²) in [6.07, 6.45) is 3.89. The van der Waals surface area contributed by atoms with Crippen molar-refractivity contribution in [3.8, 4) is 0 Å². The molecule has 6 N–H and O–H groups in total. The highest BCUT2D eigenvalue weighted by Gasteiger charge is 2.33. The van der Waals surface area contributed by atoms with Crippen molar-refractivity contribution >= 4 is 22.9 Å². The van der Waals surface area contributed by atoms with Crippen LogP contribution in [0, 0.1) is 0 Å². The first-order chi connectivity index (χ1) is 12.6. The summed E-state index contributed by atoms with van der Waals surface area (Å²) in [6.45, 7) is 0.724. The summed E-state index contributed by atoms with van der Waals surface area (Å²) < 4.78 is 1.88. The van der Waals surface area contributed by atoms with Crippen molar-refractivity contribution in [3.05, 3.63) is 42.2 Å². The summed E-state index contributed by atoms with van der Waals surface area (Å²) in [5, 5.41) is 14.4. The number of nitrogens with one attached hydrogen (secondary N) is 1. The Morgan fingerprint density at radius 3 is 2.77 bits per heavy atom. The van der Waals surface area contributed by atoms with E-state index in [4.69, 9.17) is 11.5 Å². The second-order valence-electron chi connectivity index (χ2n) is 6.75. The van der Waals surface area contributed by atoms with E-state index in [0.29, 0.717) is 11.2 Å². The van der Waals surface area contributed by atoms with Crippen LogP contribution in [0.2, 0.25) is 0 Å². The van der Waals surface area contributed by atoms with Crippen LogP contribution in [0.3, 0.4) is 0 Å². The van der Waals surface area contributed by atoms with Crippen molar-refractivity contribution in [1.82, 2.24) is 24.8 Å². The van der Waals surface area contributed by atoms with E-state index in [9.17, 15) is 5.11 Å². The van der Waals surface area contributed by atoms with Gasteiger partial charge in [0.25, 0.3) is 0 Å². The van der Waals surface area contributed by atoms with Crippen LogP contribution in [0.5, 0.6) is 0 Å². The summed E-state index contributed by atoms with van der Waals surface area (Å²) in [6, 6.07) is 10.1. The van der Waals surface area contributed by atoms with Crippen LogP contribution < -0.4 is 16.8 Å². The molecule has 8 nitrogen and oxygen atoms in total. The highest BCUT2D eigenvalue weighted by molar-refractivity contribution is 5.82. The van der Waals surface area contributed by atoms with Gasteiger partial charge in [0, 0.05) is 12.6 Å². The number of imidazole rings is 1. The van der Waals surface area contributed by atoms with Crippen molar-refractivity contribution in [3.63, 3.8) is 0 Å². The molecule has 2 heterocycles. The van der Waals surface area contributed by atoms with Gasteiger partial charge in [-0.25, -0.2) is 4.98 Å². The number of aromatic nitrogens is 4. The number of rotatable bonds is 4. The SMILES string of the molecule is Nc1nc(N)c2ncn([C@@H]3CCC[C@@H](NCc4ccccc4)[C@H]3O)c2n1. The molecule has 3 aromatic rings. The van der Waals surface area contributed by atoms with Gasteiger partial charge >= 0.3 is 0 Å².